The van der Waals surface area contributed by atoms with Crippen LogP contribution in [-0.2, 0) is 14.8 Å². The maximum Gasteiger partial charge on any atom is 0.265 e. The van der Waals surface area contributed by atoms with E-state index in [0.29, 0.717) is 23.3 Å². The molecule has 0 saturated heterocycles. The highest BCUT2D eigenvalue weighted by molar-refractivity contribution is 7.99. The molecule has 2 aromatic carbocycles. The van der Waals surface area contributed by atoms with Crippen molar-refractivity contribution in [3.8, 4) is 23.0 Å². The summed E-state index contributed by atoms with van der Waals surface area (Å²) in [5.41, 5.74) is 0.185. The molecule has 1 amide bonds. The molecular formula is C27H38N2O7S2. The summed E-state index contributed by atoms with van der Waals surface area (Å²) in [7, 11) is 1.60. The van der Waals surface area contributed by atoms with Gasteiger partial charge in [-0.05, 0) is 49.3 Å². The second kappa shape index (κ2) is 14.4. The van der Waals surface area contributed by atoms with Gasteiger partial charge in [-0.1, -0.05) is 19.3 Å². The van der Waals surface area contributed by atoms with Gasteiger partial charge in [0, 0.05) is 23.9 Å². The number of rotatable bonds is 14. The Kier molecular flexibility index (Phi) is 11.3. The fourth-order valence-corrected chi connectivity index (χ4v) is 7.11. The third kappa shape index (κ3) is 7.63. The van der Waals surface area contributed by atoms with Gasteiger partial charge < -0.3 is 24.3 Å². The van der Waals surface area contributed by atoms with Crippen molar-refractivity contribution in [3.63, 3.8) is 0 Å². The second-order valence-electron chi connectivity index (χ2n) is 8.90. The number of anilines is 1. The Morgan fingerprint density at radius 1 is 0.921 bits per heavy atom. The average Bonchev–Trinajstić information content (AvgIpc) is 2.95. The van der Waals surface area contributed by atoms with Gasteiger partial charge in [-0.2, -0.15) is 11.8 Å². The van der Waals surface area contributed by atoms with Crippen LogP contribution in [0.25, 0.3) is 0 Å². The van der Waals surface area contributed by atoms with Crippen molar-refractivity contribution in [2.24, 2.45) is 0 Å². The van der Waals surface area contributed by atoms with Crippen LogP contribution in [0, 0.1) is 0 Å². The zero-order chi connectivity index (χ0) is 27.5. The standard InChI is InChI=1S/C27H38N2O7S2/c1-33-20-11-13-24(34-2)23(17-20)29(38(31,32)22-12-14-25(35-3)26(18-22)36-4)19-27(30)28-15-8-16-37-21-9-6-5-7-10-21/h11-14,17-18,21H,5-10,15-16,19H2,1-4H3,(H,28,30). The van der Waals surface area contributed by atoms with Crippen LogP contribution in [0.5, 0.6) is 23.0 Å². The molecule has 1 aliphatic carbocycles. The number of methoxy groups -OCH3 is 4. The molecule has 9 nitrogen and oxygen atoms in total. The highest BCUT2D eigenvalue weighted by Crippen LogP contribution is 2.37. The van der Waals surface area contributed by atoms with E-state index in [1.165, 1.54) is 84.8 Å². The topological polar surface area (TPSA) is 103 Å². The molecule has 2 aromatic rings. The SMILES string of the molecule is COc1ccc(OC)c(N(CC(=O)NCCCSC2CCCCC2)S(=O)(=O)c2ccc(OC)c(OC)c2)c1. The maximum atomic E-state index is 13.9. The van der Waals surface area contributed by atoms with Crippen molar-refractivity contribution in [1.29, 1.82) is 0 Å². The van der Waals surface area contributed by atoms with Crippen molar-refractivity contribution in [2.75, 3.05) is 51.6 Å². The zero-order valence-electron chi connectivity index (χ0n) is 22.5. The number of thioether (sulfide) groups is 1. The molecule has 3 rings (SSSR count). The molecule has 1 saturated carbocycles. The first kappa shape index (κ1) is 29.8. The number of amides is 1. The van der Waals surface area contributed by atoms with E-state index in [2.05, 4.69) is 5.32 Å². The number of carbonyl (C=O) groups is 1. The summed E-state index contributed by atoms with van der Waals surface area (Å²) in [5.74, 6) is 1.90. The van der Waals surface area contributed by atoms with E-state index in [1.54, 1.807) is 12.1 Å². The van der Waals surface area contributed by atoms with Crippen LogP contribution in [0.3, 0.4) is 0 Å². The summed E-state index contributed by atoms with van der Waals surface area (Å²) in [4.78, 5) is 12.9. The molecule has 11 heteroatoms. The van der Waals surface area contributed by atoms with E-state index >= 15 is 0 Å². The van der Waals surface area contributed by atoms with E-state index in [-0.39, 0.29) is 22.1 Å². The number of nitrogens with one attached hydrogen (secondary N) is 1. The zero-order valence-corrected chi connectivity index (χ0v) is 24.2. The fraction of sp³-hybridized carbons (Fsp3) is 0.519. The Balaban J connectivity index is 1.81. The Bertz CT molecular complexity index is 1170. The molecule has 0 heterocycles. The Morgan fingerprint density at radius 2 is 1.61 bits per heavy atom. The summed E-state index contributed by atoms with van der Waals surface area (Å²) >= 11 is 1.97. The lowest BCUT2D eigenvalue weighted by atomic mass is 10.0. The summed E-state index contributed by atoms with van der Waals surface area (Å²) in [6, 6.07) is 9.09. The van der Waals surface area contributed by atoms with Crippen LogP contribution >= 0.6 is 11.8 Å². The predicted octanol–water partition coefficient (Wildman–Crippen LogP) is 4.49. The molecule has 1 fully saturated rings. The number of sulfonamides is 1. The minimum atomic E-state index is -4.22. The fourth-order valence-electron chi connectivity index (χ4n) is 4.36. The summed E-state index contributed by atoms with van der Waals surface area (Å²) in [5, 5.41) is 3.59. The highest BCUT2D eigenvalue weighted by Gasteiger charge is 2.31. The van der Waals surface area contributed by atoms with Crippen molar-refractivity contribution >= 4 is 33.4 Å². The van der Waals surface area contributed by atoms with E-state index in [9.17, 15) is 13.2 Å². The first-order valence-corrected chi connectivity index (χ1v) is 15.2. The molecule has 1 aliphatic rings. The number of ether oxygens (including phenoxy) is 4. The number of carbonyl (C=O) groups excluding carboxylic acids is 1. The number of hydrogen-bond acceptors (Lipinski definition) is 8. The Labute approximate surface area is 230 Å². The van der Waals surface area contributed by atoms with Gasteiger partial charge in [-0.25, -0.2) is 8.42 Å². The van der Waals surface area contributed by atoms with Gasteiger partial charge in [-0.15, -0.1) is 0 Å². The van der Waals surface area contributed by atoms with Gasteiger partial charge in [0.15, 0.2) is 11.5 Å². The number of nitrogens with zero attached hydrogens (tertiary/aromatic N) is 1. The molecule has 0 spiro atoms. The van der Waals surface area contributed by atoms with Crippen LogP contribution in [0.4, 0.5) is 5.69 Å². The first-order valence-electron chi connectivity index (χ1n) is 12.7. The van der Waals surface area contributed by atoms with Crippen molar-refractivity contribution in [3.05, 3.63) is 36.4 Å². The molecule has 0 aromatic heterocycles. The molecule has 1 N–H and O–H groups in total. The van der Waals surface area contributed by atoms with E-state index in [4.69, 9.17) is 18.9 Å². The van der Waals surface area contributed by atoms with Gasteiger partial charge in [-0.3, -0.25) is 9.10 Å². The Hall–Kier alpha value is -2.79. The third-order valence-electron chi connectivity index (χ3n) is 6.43. The lowest BCUT2D eigenvalue weighted by Gasteiger charge is -2.26. The quantitative estimate of drug-likeness (QED) is 0.334. The van der Waals surface area contributed by atoms with Gasteiger partial charge in [0.25, 0.3) is 10.0 Å². The summed E-state index contributed by atoms with van der Waals surface area (Å²) < 4.78 is 50.2. The minimum absolute atomic E-state index is 0.0586. The van der Waals surface area contributed by atoms with Crippen LogP contribution < -0.4 is 28.6 Å². The first-order chi connectivity index (χ1) is 18.3. The smallest absolute Gasteiger partial charge is 0.265 e. The lowest BCUT2D eigenvalue weighted by molar-refractivity contribution is -0.119. The largest absolute Gasteiger partial charge is 0.497 e. The molecule has 0 radical (unpaired) electrons. The predicted molar refractivity (Wildman–Crippen MR) is 151 cm³/mol. The molecular weight excluding hydrogens is 528 g/mol. The van der Waals surface area contributed by atoms with E-state index in [0.717, 1.165) is 16.5 Å². The number of benzene rings is 2. The number of hydrogen-bond donors (Lipinski definition) is 1. The van der Waals surface area contributed by atoms with Crippen LogP contribution in [0.2, 0.25) is 0 Å². The second-order valence-corrected chi connectivity index (χ2v) is 12.2. The molecule has 0 bridgehead atoms. The molecule has 0 unspecified atom stereocenters. The van der Waals surface area contributed by atoms with E-state index in [1.807, 2.05) is 11.8 Å². The van der Waals surface area contributed by atoms with Gasteiger partial charge in [0.1, 0.15) is 18.0 Å². The minimum Gasteiger partial charge on any atom is -0.497 e. The third-order valence-corrected chi connectivity index (χ3v) is 9.66. The van der Waals surface area contributed by atoms with Crippen molar-refractivity contribution in [2.45, 2.75) is 48.7 Å². The van der Waals surface area contributed by atoms with Crippen LogP contribution in [0.1, 0.15) is 38.5 Å². The van der Waals surface area contributed by atoms with E-state index < -0.39 is 22.5 Å². The molecule has 210 valence electrons. The Morgan fingerprint density at radius 3 is 2.26 bits per heavy atom. The van der Waals surface area contributed by atoms with Gasteiger partial charge in [0.2, 0.25) is 5.91 Å². The highest BCUT2D eigenvalue weighted by atomic mass is 32.2. The van der Waals surface area contributed by atoms with Crippen LogP contribution in [0.15, 0.2) is 41.3 Å². The van der Waals surface area contributed by atoms with Crippen molar-refractivity contribution < 1.29 is 32.2 Å². The van der Waals surface area contributed by atoms with Crippen LogP contribution in [-0.4, -0.2) is 66.9 Å². The lowest BCUT2D eigenvalue weighted by Crippen LogP contribution is -2.41. The molecule has 0 aliphatic heterocycles. The maximum absolute atomic E-state index is 13.9. The summed E-state index contributed by atoms with van der Waals surface area (Å²) in [6.45, 7) is 0.0357. The van der Waals surface area contributed by atoms with Crippen molar-refractivity contribution in [1.82, 2.24) is 5.32 Å². The molecule has 38 heavy (non-hydrogen) atoms. The molecule has 0 atom stereocenters. The average molecular weight is 567 g/mol. The summed E-state index contributed by atoms with van der Waals surface area (Å²) in [6.07, 6.45) is 7.27. The monoisotopic (exact) mass is 566 g/mol. The van der Waals surface area contributed by atoms with Gasteiger partial charge >= 0.3 is 0 Å². The normalized spacial score (nSPS) is 14.0. The van der Waals surface area contributed by atoms with Gasteiger partial charge in [0.05, 0.1) is 39.0 Å².